The van der Waals surface area contributed by atoms with Gasteiger partial charge >= 0.3 is 0 Å². The van der Waals surface area contributed by atoms with Crippen molar-refractivity contribution in [3.05, 3.63) is 17.5 Å². The van der Waals surface area contributed by atoms with E-state index in [9.17, 15) is 4.79 Å². The van der Waals surface area contributed by atoms with Crippen LogP contribution in [0.1, 0.15) is 0 Å². The molecule has 0 aromatic carbocycles. The Morgan fingerprint density at radius 3 is 3.11 bits per heavy atom. The Morgan fingerprint density at radius 1 is 1.67 bits per heavy atom. The lowest BCUT2D eigenvalue weighted by atomic mass is 10.6. The Labute approximate surface area is 56.7 Å². The number of hydrogen-bond acceptors (Lipinski definition) is 3. The highest BCUT2D eigenvalue weighted by Gasteiger charge is 1.85. The average Bonchev–Trinajstić information content (AvgIpc) is 2.34. The normalized spacial score (nSPS) is 8.44. The fourth-order valence-corrected chi connectivity index (χ4v) is 1.03. The average molecular weight is 142 g/mol. The standard InChI is InChI=1S/C5H6N2OS/c8-4-6-7-5-2-1-3-9-5/h1-4,7H,(H,6,8). The van der Waals surface area contributed by atoms with Crippen LogP contribution in [0, 0.1) is 0 Å². The molecule has 0 radical (unpaired) electrons. The van der Waals surface area contributed by atoms with Crippen LogP contribution in [-0.2, 0) is 4.79 Å². The van der Waals surface area contributed by atoms with E-state index in [-0.39, 0.29) is 0 Å². The van der Waals surface area contributed by atoms with Gasteiger partial charge in [0.1, 0.15) is 5.00 Å². The van der Waals surface area contributed by atoms with E-state index in [0.717, 1.165) is 5.00 Å². The van der Waals surface area contributed by atoms with Crippen molar-refractivity contribution in [1.82, 2.24) is 5.43 Å². The van der Waals surface area contributed by atoms with Gasteiger partial charge in [-0.1, -0.05) is 0 Å². The van der Waals surface area contributed by atoms with Crippen LogP contribution in [-0.4, -0.2) is 6.41 Å². The predicted octanol–water partition coefficient (Wildman–Crippen LogP) is 0.821. The SMILES string of the molecule is O=CNNc1cccs1. The summed E-state index contributed by atoms with van der Waals surface area (Å²) in [5.74, 6) is 0. The van der Waals surface area contributed by atoms with E-state index in [1.54, 1.807) is 0 Å². The van der Waals surface area contributed by atoms with Crippen LogP contribution < -0.4 is 10.9 Å². The first-order valence-electron chi connectivity index (χ1n) is 2.42. The van der Waals surface area contributed by atoms with Gasteiger partial charge in [0.2, 0.25) is 6.41 Å². The van der Waals surface area contributed by atoms with Crippen LogP contribution in [0.2, 0.25) is 0 Å². The first-order chi connectivity index (χ1) is 4.43. The van der Waals surface area contributed by atoms with Crippen molar-refractivity contribution < 1.29 is 4.79 Å². The van der Waals surface area contributed by atoms with Crippen LogP contribution in [0.3, 0.4) is 0 Å². The van der Waals surface area contributed by atoms with Gasteiger partial charge in [0.05, 0.1) is 0 Å². The van der Waals surface area contributed by atoms with Crippen LogP contribution in [0.15, 0.2) is 17.5 Å². The predicted molar refractivity (Wildman–Crippen MR) is 37.1 cm³/mol. The zero-order valence-electron chi connectivity index (χ0n) is 4.63. The number of carbonyl (C=O) groups excluding carboxylic acids is 1. The smallest absolute Gasteiger partial charge is 0.225 e. The Morgan fingerprint density at radius 2 is 2.56 bits per heavy atom. The molecular formula is C5H6N2OS. The Bertz CT molecular complexity index is 173. The van der Waals surface area contributed by atoms with E-state index < -0.39 is 0 Å². The first-order valence-corrected chi connectivity index (χ1v) is 3.30. The molecule has 0 spiro atoms. The van der Waals surface area contributed by atoms with E-state index >= 15 is 0 Å². The fraction of sp³-hybridized carbons (Fsp3) is 0. The lowest BCUT2D eigenvalue weighted by Crippen LogP contribution is -2.17. The number of carbonyl (C=O) groups is 1. The molecule has 2 N–H and O–H groups in total. The molecule has 1 aromatic heterocycles. The summed E-state index contributed by atoms with van der Waals surface area (Å²) >= 11 is 1.53. The van der Waals surface area contributed by atoms with Gasteiger partial charge in [0.25, 0.3) is 0 Å². The molecule has 0 bridgehead atoms. The highest BCUT2D eigenvalue weighted by atomic mass is 32.1. The summed E-state index contributed by atoms with van der Waals surface area (Å²) in [5, 5.41) is 2.86. The summed E-state index contributed by atoms with van der Waals surface area (Å²) in [5.41, 5.74) is 5.01. The Kier molecular flexibility index (Phi) is 2.09. The van der Waals surface area contributed by atoms with Gasteiger partial charge in [-0.2, -0.15) is 0 Å². The summed E-state index contributed by atoms with van der Waals surface area (Å²) in [6.07, 6.45) is 0.597. The lowest BCUT2D eigenvalue weighted by molar-refractivity contribution is -0.109. The third-order valence-electron chi connectivity index (χ3n) is 0.775. The zero-order chi connectivity index (χ0) is 6.53. The summed E-state index contributed by atoms with van der Waals surface area (Å²) in [4.78, 5) is 9.73. The lowest BCUT2D eigenvalue weighted by Gasteiger charge is -1.96. The topological polar surface area (TPSA) is 41.1 Å². The molecule has 0 aliphatic heterocycles. The molecule has 0 unspecified atom stereocenters. The molecule has 1 amide bonds. The molecule has 0 saturated heterocycles. The minimum atomic E-state index is 0.597. The fourth-order valence-electron chi connectivity index (χ4n) is 0.450. The minimum Gasteiger partial charge on any atom is -0.289 e. The number of amides is 1. The van der Waals surface area contributed by atoms with Crippen molar-refractivity contribution >= 4 is 22.7 Å². The van der Waals surface area contributed by atoms with Crippen LogP contribution >= 0.6 is 11.3 Å². The van der Waals surface area contributed by atoms with Crippen LogP contribution in [0.5, 0.6) is 0 Å². The highest BCUT2D eigenvalue weighted by Crippen LogP contribution is 2.12. The number of rotatable bonds is 3. The largest absolute Gasteiger partial charge is 0.289 e. The van der Waals surface area contributed by atoms with E-state index in [1.165, 1.54) is 11.3 Å². The van der Waals surface area contributed by atoms with Gasteiger partial charge < -0.3 is 0 Å². The molecule has 0 atom stereocenters. The van der Waals surface area contributed by atoms with Crippen LogP contribution in [0.4, 0.5) is 5.00 Å². The van der Waals surface area contributed by atoms with Gasteiger partial charge in [-0.15, -0.1) is 11.3 Å². The third-order valence-corrected chi connectivity index (χ3v) is 1.56. The molecule has 0 aliphatic carbocycles. The van der Waals surface area contributed by atoms with Gasteiger partial charge in [-0.3, -0.25) is 15.6 Å². The van der Waals surface area contributed by atoms with Crippen molar-refractivity contribution in [2.75, 3.05) is 5.43 Å². The van der Waals surface area contributed by atoms with Crippen LogP contribution in [0.25, 0.3) is 0 Å². The second-order valence-electron chi connectivity index (χ2n) is 1.36. The Balaban J connectivity index is 2.38. The van der Waals surface area contributed by atoms with Gasteiger partial charge in [0.15, 0.2) is 0 Å². The molecule has 1 aromatic rings. The quantitative estimate of drug-likeness (QED) is 0.484. The molecule has 1 heterocycles. The van der Waals surface area contributed by atoms with E-state index in [1.807, 2.05) is 17.5 Å². The van der Waals surface area contributed by atoms with Crippen molar-refractivity contribution in [2.24, 2.45) is 0 Å². The summed E-state index contributed by atoms with van der Waals surface area (Å²) in [7, 11) is 0. The van der Waals surface area contributed by atoms with Gasteiger partial charge in [-0.05, 0) is 17.5 Å². The number of hydrogen-bond donors (Lipinski definition) is 2. The molecule has 0 aliphatic rings. The molecule has 4 heteroatoms. The zero-order valence-corrected chi connectivity index (χ0v) is 5.44. The maximum absolute atomic E-state index is 9.73. The van der Waals surface area contributed by atoms with Crippen molar-refractivity contribution in [1.29, 1.82) is 0 Å². The maximum Gasteiger partial charge on any atom is 0.225 e. The second kappa shape index (κ2) is 3.09. The second-order valence-corrected chi connectivity index (χ2v) is 2.31. The summed E-state index contributed by atoms with van der Waals surface area (Å²) < 4.78 is 0. The maximum atomic E-state index is 9.73. The van der Waals surface area contributed by atoms with Gasteiger partial charge in [0, 0.05) is 0 Å². The molecule has 3 nitrogen and oxygen atoms in total. The number of thiophene rings is 1. The van der Waals surface area contributed by atoms with Crippen molar-refractivity contribution in [2.45, 2.75) is 0 Å². The minimum absolute atomic E-state index is 0.597. The monoisotopic (exact) mass is 142 g/mol. The number of nitrogens with one attached hydrogen (secondary N) is 2. The van der Waals surface area contributed by atoms with Crippen molar-refractivity contribution in [3.63, 3.8) is 0 Å². The summed E-state index contributed by atoms with van der Waals surface area (Å²) in [6, 6.07) is 3.78. The van der Waals surface area contributed by atoms with Crippen molar-refractivity contribution in [3.8, 4) is 0 Å². The first kappa shape index (κ1) is 6.10. The molecule has 48 valence electrons. The highest BCUT2D eigenvalue weighted by molar-refractivity contribution is 7.14. The third kappa shape index (κ3) is 1.73. The van der Waals surface area contributed by atoms with E-state index in [4.69, 9.17) is 0 Å². The molecule has 9 heavy (non-hydrogen) atoms. The van der Waals surface area contributed by atoms with E-state index in [2.05, 4.69) is 10.9 Å². The van der Waals surface area contributed by atoms with Gasteiger partial charge in [-0.25, -0.2) is 0 Å². The molecule has 0 saturated carbocycles. The molecule has 0 fully saturated rings. The molecular weight excluding hydrogens is 136 g/mol. The van der Waals surface area contributed by atoms with E-state index in [0.29, 0.717) is 6.41 Å². The Hall–Kier alpha value is -1.03. The molecule has 1 rings (SSSR count). The number of hydrazine groups is 1. The summed E-state index contributed by atoms with van der Waals surface area (Å²) in [6.45, 7) is 0. The number of anilines is 1.